The predicted molar refractivity (Wildman–Crippen MR) is 127 cm³/mol. The largest absolute Gasteiger partial charge is 0.416 e. The van der Waals surface area contributed by atoms with Crippen molar-refractivity contribution in [3.8, 4) is 22.5 Å². The Hall–Kier alpha value is -3.52. The lowest BCUT2D eigenvalue weighted by molar-refractivity contribution is -0.137. The van der Waals surface area contributed by atoms with Crippen LogP contribution in [0.25, 0.3) is 33.4 Å². The van der Waals surface area contributed by atoms with E-state index in [4.69, 9.17) is 9.97 Å². The molecule has 4 rings (SSSR count). The number of halogens is 4. The average molecular weight is 468 g/mol. The monoisotopic (exact) mass is 468 g/mol. The van der Waals surface area contributed by atoms with Crippen LogP contribution < -0.4 is 10.6 Å². The van der Waals surface area contributed by atoms with Gasteiger partial charge in [0.1, 0.15) is 11.6 Å². The van der Waals surface area contributed by atoms with E-state index in [1.165, 1.54) is 0 Å². The van der Waals surface area contributed by atoms with Crippen molar-refractivity contribution in [1.82, 2.24) is 15.3 Å². The van der Waals surface area contributed by atoms with Gasteiger partial charge in [-0.15, -0.1) is 0 Å². The van der Waals surface area contributed by atoms with Crippen molar-refractivity contribution in [2.75, 3.05) is 25.5 Å². The first-order chi connectivity index (χ1) is 16.3. The lowest BCUT2D eigenvalue weighted by Crippen LogP contribution is -2.14. The van der Waals surface area contributed by atoms with E-state index in [1.807, 2.05) is 32.2 Å². The Kier molecular flexibility index (Phi) is 6.79. The molecule has 0 aliphatic rings. The maximum absolute atomic E-state index is 14.6. The summed E-state index contributed by atoms with van der Waals surface area (Å²) < 4.78 is 53.4. The summed E-state index contributed by atoms with van der Waals surface area (Å²) in [4.78, 5) is 9.48. The van der Waals surface area contributed by atoms with Crippen molar-refractivity contribution >= 4 is 16.7 Å². The Labute approximate surface area is 195 Å². The van der Waals surface area contributed by atoms with Crippen molar-refractivity contribution in [2.24, 2.45) is 0 Å². The van der Waals surface area contributed by atoms with Gasteiger partial charge in [-0.05, 0) is 62.3 Å². The van der Waals surface area contributed by atoms with Crippen LogP contribution in [0, 0.1) is 12.7 Å². The number of fused-ring (bicyclic) bond motifs is 1. The van der Waals surface area contributed by atoms with Crippen LogP contribution in [-0.4, -0.2) is 30.1 Å². The molecule has 0 bridgehead atoms. The van der Waals surface area contributed by atoms with E-state index in [9.17, 15) is 17.6 Å². The number of aryl methyl sites for hydroxylation is 1. The van der Waals surface area contributed by atoms with Gasteiger partial charge in [0.25, 0.3) is 0 Å². The fourth-order valence-corrected chi connectivity index (χ4v) is 3.78. The molecule has 1 aromatic heterocycles. The third-order valence-corrected chi connectivity index (χ3v) is 5.55. The van der Waals surface area contributed by atoms with Gasteiger partial charge < -0.3 is 10.6 Å². The molecule has 8 heteroatoms. The SMILES string of the molecule is CNCCCNc1nc(-c2cccc(-c3ccc(C(F)(F)F)cc3F)c2)nc2c(C)cccc12. The molecule has 34 heavy (non-hydrogen) atoms. The van der Waals surface area contributed by atoms with E-state index >= 15 is 0 Å². The summed E-state index contributed by atoms with van der Waals surface area (Å²) in [6.07, 6.45) is -3.69. The highest BCUT2D eigenvalue weighted by atomic mass is 19.4. The van der Waals surface area contributed by atoms with Gasteiger partial charge in [-0.1, -0.05) is 36.4 Å². The van der Waals surface area contributed by atoms with Gasteiger partial charge in [0.05, 0.1) is 11.1 Å². The van der Waals surface area contributed by atoms with Crippen molar-refractivity contribution in [3.63, 3.8) is 0 Å². The molecular weight excluding hydrogens is 444 g/mol. The van der Waals surface area contributed by atoms with Crippen molar-refractivity contribution in [3.05, 3.63) is 77.6 Å². The van der Waals surface area contributed by atoms with E-state index in [2.05, 4.69) is 10.6 Å². The van der Waals surface area contributed by atoms with Crippen molar-refractivity contribution < 1.29 is 17.6 Å². The van der Waals surface area contributed by atoms with E-state index in [-0.39, 0.29) is 5.56 Å². The maximum atomic E-state index is 14.6. The highest BCUT2D eigenvalue weighted by molar-refractivity contribution is 5.92. The lowest BCUT2D eigenvalue weighted by atomic mass is 10.0. The number of benzene rings is 3. The Morgan fingerprint density at radius 2 is 1.65 bits per heavy atom. The third-order valence-electron chi connectivity index (χ3n) is 5.55. The Morgan fingerprint density at radius 1 is 0.882 bits per heavy atom. The minimum atomic E-state index is -4.60. The smallest absolute Gasteiger partial charge is 0.369 e. The molecule has 0 aliphatic heterocycles. The zero-order valence-corrected chi connectivity index (χ0v) is 18.8. The average Bonchev–Trinajstić information content (AvgIpc) is 2.81. The van der Waals surface area contributed by atoms with Gasteiger partial charge in [0.2, 0.25) is 0 Å². The quantitative estimate of drug-likeness (QED) is 0.242. The summed E-state index contributed by atoms with van der Waals surface area (Å²) in [5, 5.41) is 7.39. The van der Waals surface area contributed by atoms with Crippen LogP contribution in [0.2, 0.25) is 0 Å². The zero-order chi connectivity index (χ0) is 24.3. The van der Waals surface area contributed by atoms with Gasteiger partial charge >= 0.3 is 6.18 Å². The first-order valence-electron chi connectivity index (χ1n) is 10.9. The van der Waals surface area contributed by atoms with Crippen LogP contribution in [0.5, 0.6) is 0 Å². The van der Waals surface area contributed by atoms with Crippen molar-refractivity contribution in [2.45, 2.75) is 19.5 Å². The number of rotatable bonds is 7. The van der Waals surface area contributed by atoms with Crippen LogP contribution in [0.15, 0.2) is 60.7 Å². The van der Waals surface area contributed by atoms with E-state index < -0.39 is 17.6 Å². The Morgan fingerprint density at radius 3 is 2.38 bits per heavy atom. The molecule has 176 valence electrons. The number of hydrogen-bond acceptors (Lipinski definition) is 4. The van der Waals surface area contributed by atoms with Crippen LogP contribution >= 0.6 is 0 Å². The van der Waals surface area contributed by atoms with Gasteiger partial charge in [0, 0.05) is 23.1 Å². The molecule has 0 saturated heterocycles. The second-order valence-electron chi connectivity index (χ2n) is 8.02. The molecule has 4 nitrogen and oxygen atoms in total. The summed E-state index contributed by atoms with van der Waals surface area (Å²) in [7, 11) is 1.90. The summed E-state index contributed by atoms with van der Waals surface area (Å²) in [6, 6.07) is 15.3. The molecule has 4 aromatic rings. The highest BCUT2D eigenvalue weighted by Crippen LogP contribution is 2.34. The molecule has 3 aromatic carbocycles. The number of nitrogens with one attached hydrogen (secondary N) is 2. The van der Waals surface area contributed by atoms with Gasteiger partial charge in [-0.25, -0.2) is 14.4 Å². The van der Waals surface area contributed by atoms with Crippen LogP contribution in [0.3, 0.4) is 0 Å². The van der Waals surface area contributed by atoms with Gasteiger partial charge in [-0.2, -0.15) is 13.2 Å². The van der Waals surface area contributed by atoms with Gasteiger partial charge in [0.15, 0.2) is 5.82 Å². The second kappa shape index (κ2) is 9.77. The molecule has 2 N–H and O–H groups in total. The molecule has 0 radical (unpaired) electrons. The molecule has 1 heterocycles. The normalized spacial score (nSPS) is 11.7. The van der Waals surface area contributed by atoms with Gasteiger partial charge in [-0.3, -0.25) is 0 Å². The minimum absolute atomic E-state index is 0.0808. The highest BCUT2D eigenvalue weighted by Gasteiger charge is 2.31. The standard InChI is InChI=1S/C26H24F4N4/c1-16-6-3-9-21-23(16)33-24(34-25(21)32-13-5-12-31-2)18-8-4-7-17(14-18)20-11-10-19(15-22(20)27)26(28,29)30/h3-4,6-11,14-15,31H,5,12-13H2,1-2H3,(H,32,33,34). The second-order valence-corrected chi connectivity index (χ2v) is 8.02. The predicted octanol–water partition coefficient (Wildman–Crippen LogP) is 6.45. The van der Waals surface area contributed by atoms with Crippen LogP contribution in [0.4, 0.5) is 23.4 Å². The number of para-hydroxylation sites is 1. The third kappa shape index (κ3) is 5.02. The Balaban J connectivity index is 1.75. The first-order valence-corrected chi connectivity index (χ1v) is 10.9. The molecule has 0 spiro atoms. The number of anilines is 1. The summed E-state index contributed by atoms with van der Waals surface area (Å²) in [5.74, 6) is 0.215. The number of hydrogen-bond donors (Lipinski definition) is 2. The summed E-state index contributed by atoms with van der Waals surface area (Å²) >= 11 is 0. The molecule has 0 saturated carbocycles. The van der Waals surface area contributed by atoms with E-state index in [0.717, 1.165) is 48.1 Å². The summed E-state index contributed by atoms with van der Waals surface area (Å²) in [5.41, 5.74) is 1.93. The van der Waals surface area contributed by atoms with Crippen LogP contribution in [0.1, 0.15) is 17.5 Å². The summed E-state index contributed by atoms with van der Waals surface area (Å²) in [6.45, 7) is 3.55. The lowest BCUT2D eigenvalue weighted by Gasteiger charge is -2.13. The molecule has 0 fully saturated rings. The molecule has 0 amide bonds. The fraction of sp³-hybridized carbons (Fsp3) is 0.231. The zero-order valence-electron chi connectivity index (χ0n) is 18.8. The number of nitrogens with zero attached hydrogens (tertiary/aromatic N) is 2. The number of alkyl halides is 3. The molecule has 0 atom stereocenters. The number of aromatic nitrogens is 2. The maximum Gasteiger partial charge on any atom is 0.416 e. The molecular formula is C26H24F4N4. The van der Waals surface area contributed by atoms with Crippen molar-refractivity contribution in [1.29, 1.82) is 0 Å². The van der Waals surface area contributed by atoms with E-state index in [0.29, 0.717) is 28.8 Å². The minimum Gasteiger partial charge on any atom is -0.369 e. The molecule has 0 aliphatic carbocycles. The van der Waals surface area contributed by atoms with E-state index in [1.54, 1.807) is 24.3 Å². The topological polar surface area (TPSA) is 49.8 Å². The Bertz CT molecular complexity index is 1320. The van der Waals surface area contributed by atoms with Crippen LogP contribution in [-0.2, 0) is 6.18 Å². The fourth-order valence-electron chi connectivity index (χ4n) is 3.78. The first kappa shape index (κ1) is 23.6. The molecule has 0 unspecified atom stereocenters.